The van der Waals surface area contributed by atoms with Crippen molar-refractivity contribution in [1.82, 2.24) is 0 Å². The van der Waals surface area contributed by atoms with Crippen molar-refractivity contribution in [2.24, 2.45) is 46.3 Å². The van der Waals surface area contributed by atoms with Crippen molar-refractivity contribution in [3.05, 3.63) is 0 Å². The Morgan fingerprint density at radius 1 is 0.963 bits per heavy atom. The van der Waals surface area contributed by atoms with Crippen LogP contribution in [0.15, 0.2) is 0 Å². The van der Waals surface area contributed by atoms with Gasteiger partial charge in [-0.1, -0.05) is 33.6 Å². The highest BCUT2D eigenvalue weighted by molar-refractivity contribution is 5.69. The first kappa shape index (κ1) is 19.8. The van der Waals surface area contributed by atoms with Gasteiger partial charge >= 0.3 is 5.97 Å². The summed E-state index contributed by atoms with van der Waals surface area (Å²) in [6.07, 6.45) is 16.4. The number of ether oxygens (including phenoxy) is 1. The molecular formula is C25H42O2. The first-order valence-corrected chi connectivity index (χ1v) is 12.0. The molecule has 0 N–H and O–H groups in total. The Kier molecular flexibility index (Phi) is 5.40. The van der Waals surface area contributed by atoms with Crippen LogP contribution in [0.4, 0.5) is 0 Å². The molecule has 0 aliphatic heterocycles. The summed E-state index contributed by atoms with van der Waals surface area (Å²) < 4.78 is 4.89. The predicted molar refractivity (Wildman–Crippen MR) is 110 cm³/mol. The van der Waals surface area contributed by atoms with E-state index in [1.54, 1.807) is 0 Å². The molecule has 154 valence electrons. The molecule has 27 heavy (non-hydrogen) atoms. The third-order valence-electron chi connectivity index (χ3n) is 10.4. The third kappa shape index (κ3) is 3.18. The van der Waals surface area contributed by atoms with Crippen molar-refractivity contribution in [1.29, 1.82) is 0 Å². The normalized spacial score (nSPS) is 47.5. The molecule has 0 radical (unpaired) electrons. The van der Waals surface area contributed by atoms with E-state index < -0.39 is 0 Å². The highest BCUT2D eigenvalue weighted by Crippen LogP contribution is 2.68. The fourth-order valence-corrected chi connectivity index (χ4v) is 8.92. The first-order chi connectivity index (χ1) is 12.9. The van der Waals surface area contributed by atoms with Gasteiger partial charge in [-0.2, -0.15) is 0 Å². The quantitative estimate of drug-likeness (QED) is 0.517. The molecule has 2 heteroatoms. The fourth-order valence-electron chi connectivity index (χ4n) is 8.92. The number of fused-ring (bicyclic) bond motifs is 5. The Hall–Kier alpha value is -0.530. The summed E-state index contributed by atoms with van der Waals surface area (Å²) in [6, 6.07) is 0. The van der Waals surface area contributed by atoms with E-state index in [1.165, 1.54) is 71.3 Å². The second-order valence-electron chi connectivity index (χ2n) is 11.2. The summed E-state index contributed by atoms with van der Waals surface area (Å²) in [5.41, 5.74) is 1.17. The molecule has 0 aromatic rings. The standard InChI is InChI=1S/C25H42O2/c1-17(8-13-23(26)27-4)20-11-12-21-19-10-9-18-7-5-6-15-24(18,2)22(19)14-16-25(20,21)3/h17-22H,5-16H2,1-4H3/t17?,18-,19?,20+,21?,22?,24-,25+/m0/s1. The van der Waals surface area contributed by atoms with Crippen LogP contribution in [0.1, 0.15) is 97.8 Å². The molecule has 0 heterocycles. The second-order valence-corrected chi connectivity index (χ2v) is 11.2. The maximum atomic E-state index is 11.6. The van der Waals surface area contributed by atoms with E-state index in [9.17, 15) is 4.79 Å². The van der Waals surface area contributed by atoms with Gasteiger partial charge in [-0.25, -0.2) is 0 Å². The van der Waals surface area contributed by atoms with Crippen molar-refractivity contribution < 1.29 is 9.53 Å². The Morgan fingerprint density at radius 3 is 2.52 bits per heavy atom. The smallest absolute Gasteiger partial charge is 0.305 e. The van der Waals surface area contributed by atoms with Gasteiger partial charge in [0.15, 0.2) is 0 Å². The highest BCUT2D eigenvalue weighted by Gasteiger charge is 2.60. The lowest BCUT2D eigenvalue weighted by molar-refractivity contribution is -0.141. The molecule has 0 aromatic carbocycles. The molecule has 0 spiro atoms. The lowest BCUT2D eigenvalue weighted by Gasteiger charge is -2.61. The van der Waals surface area contributed by atoms with Crippen LogP contribution >= 0.6 is 0 Å². The minimum absolute atomic E-state index is 0.0335. The van der Waals surface area contributed by atoms with Gasteiger partial charge in [-0.05, 0) is 104 Å². The first-order valence-electron chi connectivity index (χ1n) is 12.0. The molecule has 0 amide bonds. The van der Waals surface area contributed by atoms with E-state index in [0.29, 0.717) is 23.2 Å². The zero-order valence-electron chi connectivity index (χ0n) is 18.3. The summed E-state index contributed by atoms with van der Waals surface area (Å²) in [6.45, 7) is 7.73. The highest BCUT2D eigenvalue weighted by atomic mass is 16.5. The number of esters is 1. The number of carbonyl (C=O) groups excluding carboxylic acids is 1. The molecule has 4 aliphatic carbocycles. The van der Waals surface area contributed by atoms with Gasteiger partial charge in [-0.15, -0.1) is 0 Å². The van der Waals surface area contributed by atoms with Crippen molar-refractivity contribution in [2.45, 2.75) is 97.8 Å². The van der Waals surface area contributed by atoms with E-state index in [-0.39, 0.29) is 5.97 Å². The van der Waals surface area contributed by atoms with E-state index in [1.807, 2.05) is 0 Å². The molecule has 0 bridgehead atoms. The third-order valence-corrected chi connectivity index (χ3v) is 10.4. The zero-order chi connectivity index (χ0) is 19.2. The van der Waals surface area contributed by atoms with Gasteiger partial charge in [0.05, 0.1) is 7.11 Å². The van der Waals surface area contributed by atoms with Crippen LogP contribution in [-0.2, 0) is 9.53 Å². The minimum Gasteiger partial charge on any atom is -0.469 e. The molecule has 4 aliphatic rings. The minimum atomic E-state index is -0.0335. The van der Waals surface area contributed by atoms with Crippen LogP contribution in [0.25, 0.3) is 0 Å². The summed E-state index contributed by atoms with van der Waals surface area (Å²) in [7, 11) is 1.52. The van der Waals surface area contributed by atoms with Gasteiger partial charge < -0.3 is 4.74 Å². The van der Waals surface area contributed by atoms with Crippen LogP contribution < -0.4 is 0 Å². The van der Waals surface area contributed by atoms with Gasteiger partial charge in [0.2, 0.25) is 0 Å². The molecule has 0 aromatic heterocycles. The molecular weight excluding hydrogens is 332 g/mol. The van der Waals surface area contributed by atoms with Crippen LogP contribution in [0.2, 0.25) is 0 Å². The molecule has 8 atom stereocenters. The van der Waals surface area contributed by atoms with Gasteiger partial charge in [-0.3, -0.25) is 4.79 Å². The van der Waals surface area contributed by atoms with Gasteiger partial charge in [0.1, 0.15) is 0 Å². The largest absolute Gasteiger partial charge is 0.469 e. The summed E-state index contributed by atoms with van der Waals surface area (Å²) in [5.74, 6) is 5.38. The van der Waals surface area contributed by atoms with Crippen LogP contribution in [0.5, 0.6) is 0 Å². The Labute approximate surface area is 167 Å². The Morgan fingerprint density at radius 2 is 1.74 bits per heavy atom. The second kappa shape index (κ2) is 7.38. The average Bonchev–Trinajstić information content (AvgIpc) is 3.02. The van der Waals surface area contributed by atoms with Crippen LogP contribution in [0.3, 0.4) is 0 Å². The zero-order valence-corrected chi connectivity index (χ0v) is 18.3. The van der Waals surface area contributed by atoms with Crippen molar-refractivity contribution >= 4 is 5.97 Å². The number of methoxy groups -OCH3 is 1. The van der Waals surface area contributed by atoms with Crippen LogP contribution in [0, 0.1) is 46.3 Å². The predicted octanol–water partition coefficient (Wildman–Crippen LogP) is 6.62. The molecule has 4 rings (SSSR count). The molecule has 2 nitrogen and oxygen atoms in total. The fraction of sp³-hybridized carbons (Fsp3) is 0.960. The van der Waals surface area contributed by atoms with Crippen LogP contribution in [-0.4, -0.2) is 13.1 Å². The summed E-state index contributed by atoms with van der Waals surface area (Å²) in [5, 5.41) is 0. The lowest BCUT2D eigenvalue weighted by atomic mass is 9.44. The van der Waals surface area contributed by atoms with E-state index >= 15 is 0 Å². The van der Waals surface area contributed by atoms with E-state index in [2.05, 4.69) is 20.8 Å². The number of carbonyl (C=O) groups is 1. The van der Waals surface area contributed by atoms with Gasteiger partial charge in [0.25, 0.3) is 0 Å². The average molecular weight is 375 g/mol. The number of hydrogen-bond acceptors (Lipinski definition) is 2. The molecule has 4 unspecified atom stereocenters. The topological polar surface area (TPSA) is 26.3 Å². The molecule has 4 saturated carbocycles. The van der Waals surface area contributed by atoms with Crippen molar-refractivity contribution in [3.8, 4) is 0 Å². The molecule has 0 saturated heterocycles. The Balaban J connectivity index is 1.49. The maximum Gasteiger partial charge on any atom is 0.305 e. The summed E-state index contributed by atoms with van der Waals surface area (Å²) >= 11 is 0. The monoisotopic (exact) mass is 374 g/mol. The SMILES string of the molecule is COC(=O)CCC(C)[C@H]1CCC2C3CC[C@@H]4CCCC[C@]4(C)C3CC[C@@]21C. The number of hydrogen-bond donors (Lipinski definition) is 0. The van der Waals surface area contributed by atoms with E-state index in [0.717, 1.165) is 36.0 Å². The van der Waals surface area contributed by atoms with Crippen molar-refractivity contribution in [3.63, 3.8) is 0 Å². The maximum absolute atomic E-state index is 11.6. The van der Waals surface area contributed by atoms with Gasteiger partial charge in [0, 0.05) is 6.42 Å². The lowest BCUT2D eigenvalue weighted by Crippen LogP contribution is -2.53. The summed E-state index contributed by atoms with van der Waals surface area (Å²) in [4.78, 5) is 11.6. The van der Waals surface area contributed by atoms with E-state index in [4.69, 9.17) is 4.74 Å². The number of rotatable bonds is 4. The van der Waals surface area contributed by atoms with Crippen molar-refractivity contribution in [2.75, 3.05) is 7.11 Å². The molecule has 4 fully saturated rings. The Bertz CT molecular complexity index is 557.